The number of aryl methyl sites for hydroxylation is 1. The van der Waals surface area contributed by atoms with Gasteiger partial charge in [-0.3, -0.25) is 9.78 Å². The Morgan fingerprint density at radius 1 is 1.00 bits per heavy atom. The van der Waals surface area contributed by atoms with Gasteiger partial charge in [-0.1, -0.05) is 24.3 Å². The van der Waals surface area contributed by atoms with E-state index in [-0.39, 0.29) is 5.92 Å². The van der Waals surface area contributed by atoms with Gasteiger partial charge in [-0.25, -0.2) is 4.98 Å². The number of nitrogens with zero attached hydrogens (tertiary/aromatic N) is 4. The summed E-state index contributed by atoms with van der Waals surface area (Å²) in [6, 6.07) is 12.5. The molecule has 1 saturated heterocycles. The molecule has 5 heteroatoms. The average Bonchev–Trinajstić information content (AvgIpc) is 3.41. The first-order valence-corrected chi connectivity index (χ1v) is 10.6. The number of likely N-dealkylation sites (tertiary alicyclic amines) is 1. The van der Waals surface area contributed by atoms with Gasteiger partial charge in [0.25, 0.3) is 0 Å². The molecule has 0 radical (unpaired) electrons. The van der Waals surface area contributed by atoms with Crippen molar-refractivity contribution in [3.05, 3.63) is 83.7 Å². The number of pyridine rings is 1. The molecule has 29 heavy (non-hydrogen) atoms. The van der Waals surface area contributed by atoms with Gasteiger partial charge in [-0.2, -0.15) is 0 Å². The van der Waals surface area contributed by atoms with Gasteiger partial charge in [0.2, 0.25) is 5.91 Å². The summed E-state index contributed by atoms with van der Waals surface area (Å²) < 4.78 is 2.24. The molecule has 1 aromatic carbocycles. The molecule has 148 valence electrons. The van der Waals surface area contributed by atoms with Crippen LogP contribution in [0.25, 0.3) is 0 Å². The molecule has 1 aliphatic carbocycles. The van der Waals surface area contributed by atoms with Crippen molar-refractivity contribution in [2.45, 2.75) is 44.1 Å². The first-order valence-electron chi connectivity index (χ1n) is 10.6. The van der Waals surface area contributed by atoms with Crippen LogP contribution in [-0.2, 0) is 17.8 Å². The van der Waals surface area contributed by atoms with E-state index in [9.17, 15) is 4.79 Å². The quantitative estimate of drug-likeness (QED) is 0.686. The van der Waals surface area contributed by atoms with Crippen molar-refractivity contribution in [3.63, 3.8) is 0 Å². The van der Waals surface area contributed by atoms with Gasteiger partial charge in [0.15, 0.2) is 0 Å². The number of amides is 1. The van der Waals surface area contributed by atoms with Crippen molar-refractivity contribution < 1.29 is 4.79 Å². The number of piperidine rings is 1. The van der Waals surface area contributed by atoms with Gasteiger partial charge in [0.1, 0.15) is 5.82 Å². The number of rotatable bonds is 4. The summed E-state index contributed by atoms with van der Waals surface area (Å²) in [5, 5.41) is 0. The minimum Gasteiger partial charge on any atom is -0.342 e. The number of hydrogen-bond acceptors (Lipinski definition) is 3. The largest absolute Gasteiger partial charge is 0.342 e. The number of carbonyl (C=O) groups is 1. The number of benzene rings is 1. The molecule has 1 atom stereocenters. The molecule has 3 aromatic rings. The molecule has 0 bridgehead atoms. The normalized spacial score (nSPS) is 19.3. The van der Waals surface area contributed by atoms with Crippen LogP contribution >= 0.6 is 0 Å². The van der Waals surface area contributed by atoms with Crippen LogP contribution in [-0.4, -0.2) is 38.4 Å². The second-order valence-corrected chi connectivity index (χ2v) is 8.16. The Kier molecular flexibility index (Phi) is 4.88. The third kappa shape index (κ3) is 3.57. The van der Waals surface area contributed by atoms with Gasteiger partial charge in [-0.15, -0.1) is 0 Å². The number of fused-ring (bicyclic) bond motifs is 1. The molecule has 3 heterocycles. The summed E-state index contributed by atoms with van der Waals surface area (Å²) in [5.74, 6) is 1.91. The Morgan fingerprint density at radius 3 is 2.62 bits per heavy atom. The fraction of sp³-hybridized carbons (Fsp3) is 0.375. The van der Waals surface area contributed by atoms with Gasteiger partial charge in [-0.05, 0) is 54.5 Å². The van der Waals surface area contributed by atoms with E-state index in [1.165, 1.54) is 16.7 Å². The lowest BCUT2D eigenvalue weighted by molar-refractivity contribution is -0.133. The zero-order chi connectivity index (χ0) is 19.6. The third-order valence-electron chi connectivity index (χ3n) is 6.45. The maximum absolute atomic E-state index is 13.2. The average molecular weight is 386 g/mol. The summed E-state index contributed by atoms with van der Waals surface area (Å²) in [4.78, 5) is 24.0. The van der Waals surface area contributed by atoms with Crippen molar-refractivity contribution in [3.8, 4) is 0 Å². The molecule has 0 spiro atoms. The van der Waals surface area contributed by atoms with E-state index in [0.717, 1.165) is 51.1 Å². The Hall–Kier alpha value is -2.95. The zero-order valence-corrected chi connectivity index (χ0v) is 16.6. The van der Waals surface area contributed by atoms with Crippen molar-refractivity contribution in [2.75, 3.05) is 13.1 Å². The highest BCUT2D eigenvalue weighted by Gasteiger charge is 2.34. The molecule has 1 aliphatic heterocycles. The Bertz CT molecular complexity index is 989. The first kappa shape index (κ1) is 18.1. The van der Waals surface area contributed by atoms with Crippen LogP contribution in [0.4, 0.5) is 0 Å². The number of aromatic nitrogens is 3. The highest BCUT2D eigenvalue weighted by atomic mass is 16.2. The monoisotopic (exact) mass is 386 g/mol. The Labute approximate surface area is 171 Å². The van der Waals surface area contributed by atoms with Gasteiger partial charge in [0, 0.05) is 50.3 Å². The summed E-state index contributed by atoms with van der Waals surface area (Å²) >= 11 is 0. The Morgan fingerprint density at radius 2 is 1.79 bits per heavy atom. The third-order valence-corrected chi connectivity index (χ3v) is 6.45. The smallest absolute Gasteiger partial charge is 0.230 e. The van der Waals surface area contributed by atoms with Crippen molar-refractivity contribution in [1.82, 2.24) is 19.4 Å². The van der Waals surface area contributed by atoms with E-state index < -0.39 is 0 Å². The second-order valence-electron chi connectivity index (χ2n) is 8.16. The molecular weight excluding hydrogens is 360 g/mol. The Balaban J connectivity index is 1.24. The standard InChI is InChI=1S/C24H26N4O/c29-24(22-6-5-19-3-1-2-4-21(19)22)27-14-9-20(10-15-27)23-26-13-16-28(23)17-18-7-11-25-12-8-18/h1-4,7-8,11-13,16,20,22H,5-6,9-10,14-15,17H2/t22-/m1/s1. The molecule has 2 aliphatic rings. The summed E-state index contributed by atoms with van der Waals surface area (Å²) in [6.07, 6.45) is 11.5. The van der Waals surface area contributed by atoms with E-state index in [1.54, 1.807) is 0 Å². The lowest BCUT2D eigenvalue weighted by Gasteiger charge is -2.33. The number of hydrogen-bond donors (Lipinski definition) is 0. The van der Waals surface area contributed by atoms with Crippen LogP contribution in [0.2, 0.25) is 0 Å². The van der Waals surface area contributed by atoms with E-state index in [4.69, 9.17) is 0 Å². The molecule has 1 fully saturated rings. The van der Waals surface area contributed by atoms with E-state index in [1.807, 2.05) is 30.7 Å². The lowest BCUT2D eigenvalue weighted by atomic mass is 9.93. The minimum absolute atomic E-state index is 0.0522. The highest BCUT2D eigenvalue weighted by Crippen LogP contribution is 2.36. The molecule has 0 saturated carbocycles. The van der Waals surface area contributed by atoms with Crippen LogP contribution in [0.1, 0.15) is 53.6 Å². The van der Waals surface area contributed by atoms with Crippen LogP contribution < -0.4 is 0 Å². The van der Waals surface area contributed by atoms with Crippen LogP contribution in [0, 0.1) is 0 Å². The van der Waals surface area contributed by atoms with Gasteiger partial charge < -0.3 is 9.47 Å². The molecule has 2 aromatic heterocycles. The van der Waals surface area contributed by atoms with Crippen molar-refractivity contribution >= 4 is 5.91 Å². The fourth-order valence-corrected chi connectivity index (χ4v) is 4.89. The summed E-state index contributed by atoms with van der Waals surface area (Å²) in [5.41, 5.74) is 3.82. The van der Waals surface area contributed by atoms with E-state index >= 15 is 0 Å². The maximum Gasteiger partial charge on any atom is 0.230 e. The van der Waals surface area contributed by atoms with Crippen molar-refractivity contribution in [1.29, 1.82) is 0 Å². The molecule has 5 rings (SSSR count). The van der Waals surface area contributed by atoms with Gasteiger partial charge >= 0.3 is 0 Å². The SMILES string of the molecule is O=C([C@@H]1CCc2ccccc21)N1CCC(c2nccn2Cc2ccncc2)CC1. The number of imidazole rings is 1. The summed E-state index contributed by atoms with van der Waals surface area (Å²) in [7, 11) is 0. The molecule has 0 unspecified atom stereocenters. The second kappa shape index (κ2) is 7.82. The fourth-order valence-electron chi connectivity index (χ4n) is 4.89. The highest BCUT2D eigenvalue weighted by molar-refractivity contribution is 5.85. The maximum atomic E-state index is 13.2. The van der Waals surface area contributed by atoms with Gasteiger partial charge in [0.05, 0.1) is 5.92 Å². The molecule has 0 N–H and O–H groups in total. The molecule has 5 nitrogen and oxygen atoms in total. The predicted molar refractivity (Wildman–Crippen MR) is 112 cm³/mol. The van der Waals surface area contributed by atoms with Crippen LogP contribution in [0.5, 0.6) is 0 Å². The van der Waals surface area contributed by atoms with E-state index in [0.29, 0.717) is 11.8 Å². The summed E-state index contributed by atoms with van der Waals surface area (Å²) in [6.45, 7) is 2.46. The molecule has 1 amide bonds. The zero-order valence-electron chi connectivity index (χ0n) is 16.6. The molecular formula is C24H26N4O. The topological polar surface area (TPSA) is 51.0 Å². The lowest BCUT2D eigenvalue weighted by Crippen LogP contribution is -2.40. The number of carbonyl (C=O) groups excluding carboxylic acids is 1. The minimum atomic E-state index is 0.0522. The van der Waals surface area contributed by atoms with Crippen LogP contribution in [0.3, 0.4) is 0 Å². The van der Waals surface area contributed by atoms with Crippen molar-refractivity contribution in [2.24, 2.45) is 0 Å². The van der Waals surface area contributed by atoms with Crippen LogP contribution in [0.15, 0.2) is 61.2 Å². The first-order chi connectivity index (χ1) is 14.3. The predicted octanol–water partition coefficient (Wildman–Crippen LogP) is 3.76. The van der Waals surface area contributed by atoms with E-state index in [2.05, 4.69) is 49.9 Å².